The number of carbonyl (C=O) groups is 1. The van der Waals surface area contributed by atoms with Crippen LogP contribution in [-0.2, 0) is 9.53 Å². The molecule has 0 radical (unpaired) electrons. The van der Waals surface area contributed by atoms with Crippen molar-refractivity contribution in [1.29, 1.82) is 0 Å². The standard InChI is InChI=1S/C16H17N5O2S2/c22-14(17-9-11-3-1-7-23-11)10-25-15-6-5-13-18-19-16(21(13)20-15)12-4-2-8-24-12/h2,4-6,8,11H,1,3,7,9-10H2,(H,17,22)/t11-/m0/s1. The van der Waals surface area contributed by atoms with Gasteiger partial charge in [0.25, 0.3) is 0 Å². The van der Waals surface area contributed by atoms with E-state index in [-0.39, 0.29) is 12.0 Å². The lowest BCUT2D eigenvalue weighted by Gasteiger charge is -2.10. The summed E-state index contributed by atoms with van der Waals surface area (Å²) >= 11 is 2.99. The molecule has 0 aromatic carbocycles. The van der Waals surface area contributed by atoms with Gasteiger partial charge in [0, 0.05) is 13.2 Å². The van der Waals surface area contributed by atoms with Crippen LogP contribution < -0.4 is 5.32 Å². The number of fused-ring (bicyclic) bond motifs is 1. The Morgan fingerprint density at radius 1 is 1.40 bits per heavy atom. The number of thioether (sulfide) groups is 1. The lowest BCUT2D eigenvalue weighted by Crippen LogP contribution is -2.32. The Morgan fingerprint density at radius 2 is 2.36 bits per heavy atom. The lowest BCUT2D eigenvalue weighted by molar-refractivity contribution is -0.119. The van der Waals surface area contributed by atoms with Gasteiger partial charge in [-0.3, -0.25) is 4.79 Å². The Morgan fingerprint density at radius 3 is 3.16 bits per heavy atom. The van der Waals surface area contributed by atoms with Crippen LogP contribution in [0.5, 0.6) is 0 Å². The zero-order valence-corrected chi connectivity index (χ0v) is 15.1. The molecule has 1 N–H and O–H groups in total. The van der Waals surface area contributed by atoms with Crippen LogP contribution in [0.4, 0.5) is 0 Å². The minimum atomic E-state index is -0.00960. The summed E-state index contributed by atoms with van der Waals surface area (Å²) in [6, 6.07) is 7.68. The average Bonchev–Trinajstić information content (AvgIpc) is 3.38. The first-order valence-corrected chi connectivity index (χ1v) is 9.93. The summed E-state index contributed by atoms with van der Waals surface area (Å²) in [6.45, 7) is 1.38. The second kappa shape index (κ2) is 7.51. The first-order valence-electron chi connectivity index (χ1n) is 8.07. The molecule has 25 heavy (non-hydrogen) atoms. The van der Waals surface area contributed by atoms with E-state index >= 15 is 0 Å². The van der Waals surface area contributed by atoms with Crippen molar-refractivity contribution in [2.75, 3.05) is 18.9 Å². The molecule has 0 saturated carbocycles. The number of hydrogen-bond donors (Lipinski definition) is 1. The maximum Gasteiger partial charge on any atom is 0.230 e. The lowest BCUT2D eigenvalue weighted by atomic mass is 10.2. The van der Waals surface area contributed by atoms with Gasteiger partial charge in [0.1, 0.15) is 5.03 Å². The number of nitrogens with one attached hydrogen (secondary N) is 1. The Balaban J connectivity index is 1.39. The minimum absolute atomic E-state index is 0.00960. The number of hydrogen-bond acceptors (Lipinski definition) is 7. The normalized spacial score (nSPS) is 17.2. The fourth-order valence-corrected chi connectivity index (χ4v) is 4.01. The van der Waals surface area contributed by atoms with Crippen LogP contribution in [0.2, 0.25) is 0 Å². The van der Waals surface area contributed by atoms with E-state index in [2.05, 4.69) is 20.6 Å². The van der Waals surface area contributed by atoms with E-state index in [1.165, 1.54) is 11.8 Å². The van der Waals surface area contributed by atoms with E-state index in [1.54, 1.807) is 15.9 Å². The number of nitrogens with zero attached hydrogens (tertiary/aromatic N) is 4. The molecule has 0 unspecified atom stereocenters. The molecule has 0 bridgehead atoms. The Labute approximate surface area is 152 Å². The molecule has 130 valence electrons. The molecule has 1 saturated heterocycles. The summed E-state index contributed by atoms with van der Waals surface area (Å²) in [7, 11) is 0. The summed E-state index contributed by atoms with van der Waals surface area (Å²) in [6.07, 6.45) is 2.25. The molecule has 4 heterocycles. The quantitative estimate of drug-likeness (QED) is 0.666. The van der Waals surface area contributed by atoms with Crippen LogP contribution in [-0.4, -0.2) is 50.7 Å². The minimum Gasteiger partial charge on any atom is -0.376 e. The number of carbonyl (C=O) groups excluding carboxylic acids is 1. The van der Waals surface area contributed by atoms with Crippen LogP contribution in [0, 0.1) is 0 Å². The maximum atomic E-state index is 12.0. The molecule has 3 aromatic rings. The van der Waals surface area contributed by atoms with Gasteiger partial charge in [0.05, 0.1) is 16.7 Å². The van der Waals surface area contributed by atoms with Crippen molar-refractivity contribution in [3.63, 3.8) is 0 Å². The van der Waals surface area contributed by atoms with Gasteiger partial charge in [0.2, 0.25) is 5.91 Å². The molecule has 0 aliphatic carbocycles. The summed E-state index contributed by atoms with van der Waals surface area (Å²) in [5.41, 5.74) is 0.690. The summed E-state index contributed by atoms with van der Waals surface area (Å²) in [5.74, 6) is 1.03. The van der Waals surface area contributed by atoms with Crippen molar-refractivity contribution in [3.05, 3.63) is 29.6 Å². The van der Waals surface area contributed by atoms with Gasteiger partial charge in [-0.2, -0.15) is 9.61 Å². The van der Waals surface area contributed by atoms with Crippen LogP contribution in [0.3, 0.4) is 0 Å². The van der Waals surface area contributed by atoms with E-state index < -0.39 is 0 Å². The number of rotatable bonds is 6. The number of thiophene rings is 1. The first kappa shape index (κ1) is 16.5. The molecule has 1 amide bonds. The topological polar surface area (TPSA) is 81.4 Å². The van der Waals surface area contributed by atoms with E-state index in [0.717, 1.165) is 35.2 Å². The van der Waals surface area contributed by atoms with Gasteiger partial charge in [0.15, 0.2) is 11.5 Å². The fraction of sp³-hybridized carbons (Fsp3) is 0.375. The predicted molar refractivity (Wildman–Crippen MR) is 96.8 cm³/mol. The second-order valence-corrected chi connectivity index (χ2v) is 7.61. The van der Waals surface area contributed by atoms with Gasteiger partial charge < -0.3 is 10.1 Å². The average molecular weight is 375 g/mol. The predicted octanol–water partition coefficient (Wildman–Crippen LogP) is 2.24. The van der Waals surface area contributed by atoms with Gasteiger partial charge in [-0.1, -0.05) is 17.8 Å². The molecule has 4 rings (SSSR count). The van der Waals surface area contributed by atoms with Crippen molar-refractivity contribution in [2.45, 2.75) is 24.0 Å². The highest BCUT2D eigenvalue weighted by Crippen LogP contribution is 2.24. The molecule has 1 aliphatic heterocycles. The Kier molecular flexibility index (Phi) is 4.95. The van der Waals surface area contributed by atoms with Crippen molar-refractivity contribution < 1.29 is 9.53 Å². The molecular formula is C16H17N5O2S2. The molecule has 3 aromatic heterocycles. The second-order valence-electron chi connectivity index (χ2n) is 5.67. The molecule has 7 nitrogen and oxygen atoms in total. The number of ether oxygens (including phenoxy) is 1. The molecule has 0 spiro atoms. The zero-order valence-electron chi connectivity index (χ0n) is 13.4. The third-order valence-corrected chi connectivity index (χ3v) is 5.67. The van der Waals surface area contributed by atoms with Crippen LogP contribution in [0.25, 0.3) is 16.3 Å². The van der Waals surface area contributed by atoms with Gasteiger partial charge >= 0.3 is 0 Å². The highest BCUT2D eigenvalue weighted by Gasteiger charge is 2.16. The van der Waals surface area contributed by atoms with Crippen molar-refractivity contribution in [3.8, 4) is 10.7 Å². The van der Waals surface area contributed by atoms with Crippen molar-refractivity contribution in [1.82, 2.24) is 25.1 Å². The van der Waals surface area contributed by atoms with Gasteiger partial charge in [-0.25, -0.2) is 0 Å². The van der Waals surface area contributed by atoms with Crippen molar-refractivity contribution in [2.24, 2.45) is 0 Å². The van der Waals surface area contributed by atoms with E-state index in [1.807, 2.05) is 29.6 Å². The summed E-state index contributed by atoms with van der Waals surface area (Å²) in [5, 5.41) is 18.6. The fourth-order valence-electron chi connectivity index (χ4n) is 2.63. The third-order valence-electron chi connectivity index (χ3n) is 3.88. The smallest absolute Gasteiger partial charge is 0.230 e. The summed E-state index contributed by atoms with van der Waals surface area (Å²) in [4.78, 5) is 13.0. The Bertz CT molecular complexity index is 859. The molecule has 1 aliphatic rings. The largest absolute Gasteiger partial charge is 0.376 e. The van der Waals surface area contributed by atoms with Gasteiger partial charge in [-0.15, -0.1) is 21.5 Å². The molecule has 9 heteroatoms. The maximum absolute atomic E-state index is 12.0. The monoisotopic (exact) mass is 375 g/mol. The van der Waals surface area contributed by atoms with Crippen LogP contribution >= 0.6 is 23.1 Å². The summed E-state index contributed by atoms with van der Waals surface area (Å²) < 4.78 is 7.22. The van der Waals surface area contributed by atoms with E-state index in [9.17, 15) is 4.79 Å². The highest BCUT2D eigenvalue weighted by molar-refractivity contribution is 7.99. The molecule has 1 atom stereocenters. The van der Waals surface area contributed by atoms with Crippen molar-refractivity contribution >= 4 is 34.7 Å². The van der Waals surface area contributed by atoms with E-state index in [4.69, 9.17) is 4.74 Å². The van der Waals surface area contributed by atoms with Crippen LogP contribution in [0.1, 0.15) is 12.8 Å². The SMILES string of the molecule is O=C(CSc1ccc2nnc(-c3cccs3)n2n1)NC[C@@H]1CCCO1. The Hall–Kier alpha value is -1.97. The van der Waals surface area contributed by atoms with Crippen LogP contribution in [0.15, 0.2) is 34.7 Å². The van der Waals surface area contributed by atoms with E-state index in [0.29, 0.717) is 17.9 Å². The van der Waals surface area contributed by atoms with Gasteiger partial charge in [-0.05, 0) is 36.4 Å². The number of amides is 1. The number of aromatic nitrogens is 4. The zero-order chi connectivity index (χ0) is 17.1. The molecular weight excluding hydrogens is 358 g/mol. The first-order chi connectivity index (χ1) is 12.3. The third kappa shape index (κ3) is 3.83. The highest BCUT2D eigenvalue weighted by atomic mass is 32.2. The molecule has 1 fully saturated rings.